The van der Waals surface area contributed by atoms with Crippen LogP contribution in [0.3, 0.4) is 0 Å². The third-order valence-electron chi connectivity index (χ3n) is 2.47. The summed E-state index contributed by atoms with van der Waals surface area (Å²) in [7, 11) is 1.84. The van der Waals surface area contributed by atoms with Crippen molar-refractivity contribution in [1.82, 2.24) is 24.5 Å². The molecule has 0 amide bonds. The molecule has 1 N–H and O–H groups in total. The van der Waals surface area contributed by atoms with Crippen LogP contribution in [-0.4, -0.2) is 24.5 Å². The summed E-state index contributed by atoms with van der Waals surface area (Å²) in [5, 5.41) is 14.8. The molecule has 2 aromatic rings. The van der Waals surface area contributed by atoms with E-state index in [9.17, 15) is 4.79 Å². The molecule has 2 heterocycles. The van der Waals surface area contributed by atoms with E-state index in [-0.39, 0.29) is 12.1 Å². The van der Waals surface area contributed by atoms with Crippen LogP contribution in [0.4, 0.5) is 5.69 Å². The van der Waals surface area contributed by atoms with Gasteiger partial charge in [-0.2, -0.15) is 5.10 Å². The first-order valence-electron chi connectivity index (χ1n) is 5.39. The van der Waals surface area contributed by atoms with Gasteiger partial charge in [0.1, 0.15) is 17.3 Å². The summed E-state index contributed by atoms with van der Waals surface area (Å²) in [6, 6.07) is 0. The maximum absolute atomic E-state index is 11.9. The van der Waals surface area contributed by atoms with E-state index in [0.29, 0.717) is 16.7 Å². The molecule has 0 bridgehead atoms. The van der Waals surface area contributed by atoms with Gasteiger partial charge in [-0.05, 0) is 15.9 Å². The average molecular weight is 323 g/mol. The van der Waals surface area contributed by atoms with Crippen molar-refractivity contribution < 1.29 is 0 Å². The number of hydrogen-bond acceptors (Lipinski definition) is 5. The number of aromatic nitrogens is 5. The highest BCUT2D eigenvalue weighted by Crippen LogP contribution is 2.16. The second-order valence-electron chi connectivity index (χ2n) is 3.75. The largest absolute Gasteiger partial charge is 0.375 e. The lowest BCUT2D eigenvalue weighted by Crippen LogP contribution is -2.24. The molecule has 0 aromatic carbocycles. The SMILES string of the molecule is C#CCn1ncc(NCc2nncn2C)c(Br)c1=O. The zero-order valence-corrected chi connectivity index (χ0v) is 11.8. The van der Waals surface area contributed by atoms with Crippen LogP contribution in [-0.2, 0) is 20.1 Å². The fraction of sp³-hybridized carbons (Fsp3) is 0.273. The quantitative estimate of drug-likeness (QED) is 0.823. The van der Waals surface area contributed by atoms with Crippen molar-refractivity contribution in [2.24, 2.45) is 7.05 Å². The Morgan fingerprint density at radius 3 is 3.00 bits per heavy atom. The van der Waals surface area contributed by atoms with E-state index in [0.717, 1.165) is 5.82 Å². The Balaban J connectivity index is 2.18. The Kier molecular flexibility index (Phi) is 3.97. The van der Waals surface area contributed by atoms with Gasteiger partial charge in [0.2, 0.25) is 0 Å². The monoisotopic (exact) mass is 322 g/mol. The van der Waals surface area contributed by atoms with Gasteiger partial charge in [0.25, 0.3) is 5.56 Å². The number of hydrogen-bond donors (Lipinski definition) is 1. The Labute approximate surface area is 117 Å². The van der Waals surface area contributed by atoms with Crippen LogP contribution in [0.1, 0.15) is 5.82 Å². The Hall–Kier alpha value is -2.14. The number of nitrogens with one attached hydrogen (secondary N) is 1. The van der Waals surface area contributed by atoms with Gasteiger partial charge in [0.05, 0.1) is 18.4 Å². The summed E-state index contributed by atoms with van der Waals surface area (Å²) in [6.45, 7) is 0.580. The standard InChI is InChI=1S/C11H11BrN6O/c1-3-4-18-11(19)10(12)8(5-15-18)13-6-9-16-14-7-17(9)2/h1,5,7,13H,4,6H2,2H3. The fourth-order valence-corrected chi connectivity index (χ4v) is 1.88. The number of terminal acetylenes is 1. The molecule has 0 aliphatic carbocycles. The van der Waals surface area contributed by atoms with E-state index in [4.69, 9.17) is 6.42 Å². The van der Waals surface area contributed by atoms with Crippen molar-refractivity contribution in [2.45, 2.75) is 13.1 Å². The normalized spacial score (nSPS) is 10.2. The second kappa shape index (κ2) is 5.67. The molecular formula is C11H11BrN6O. The second-order valence-corrected chi connectivity index (χ2v) is 4.54. The molecule has 98 valence electrons. The molecule has 7 nitrogen and oxygen atoms in total. The molecule has 0 aliphatic rings. The molecule has 0 saturated heterocycles. The highest BCUT2D eigenvalue weighted by Gasteiger charge is 2.09. The molecule has 0 aliphatic heterocycles. The first-order valence-corrected chi connectivity index (χ1v) is 6.18. The summed E-state index contributed by atoms with van der Waals surface area (Å²) in [4.78, 5) is 11.9. The lowest BCUT2D eigenvalue weighted by molar-refractivity contribution is 0.659. The van der Waals surface area contributed by atoms with E-state index in [1.54, 1.807) is 17.1 Å². The van der Waals surface area contributed by atoms with Gasteiger partial charge < -0.3 is 9.88 Å². The van der Waals surface area contributed by atoms with Crippen LogP contribution in [0, 0.1) is 12.3 Å². The molecule has 0 radical (unpaired) electrons. The van der Waals surface area contributed by atoms with Crippen molar-refractivity contribution in [3.05, 3.63) is 33.2 Å². The van der Waals surface area contributed by atoms with Crippen LogP contribution in [0.25, 0.3) is 0 Å². The number of rotatable bonds is 4. The first-order chi connectivity index (χ1) is 9.13. The van der Waals surface area contributed by atoms with Crippen LogP contribution in [0.2, 0.25) is 0 Å². The summed E-state index contributed by atoms with van der Waals surface area (Å²) in [5.41, 5.74) is 0.308. The molecular weight excluding hydrogens is 312 g/mol. The van der Waals surface area contributed by atoms with Crippen molar-refractivity contribution in [1.29, 1.82) is 0 Å². The molecule has 0 unspecified atom stereocenters. The van der Waals surface area contributed by atoms with Crippen molar-refractivity contribution in [3.63, 3.8) is 0 Å². The lowest BCUT2D eigenvalue weighted by Gasteiger charge is -2.08. The lowest BCUT2D eigenvalue weighted by atomic mass is 10.4. The number of aryl methyl sites for hydroxylation is 1. The minimum absolute atomic E-state index is 0.140. The van der Waals surface area contributed by atoms with Crippen LogP contribution >= 0.6 is 15.9 Å². The highest BCUT2D eigenvalue weighted by molar-refractivity contribution is 9.10. The van der Waals surface area contributed by atoms with Crippen molar-refractivity contribution in [2.75, 3.05) is 5.32 Å². The number of halogens is 1. The van der Waals surface area contributed by atoms with E-state index in [1.807, 2.05) is 7.05 Å². The van der Waals surface area contributed by atoms with Gasteiger partial charge in [0.15, 0.2) is 5.82 Å². The summed E-state index contributed by atoms with van der Waals surface area (Å²) in [6.07, 6.45) is 8.31. The molecule has 8 heteroatoms. The zero-order chi connectivity index (χ0) is 13.8. The van der Waals surface area contributed by atoms with Crippen molar-refractivity contribution >= 4 is 21.6 Å². The number of nitrogens with zero attached hydrogens (tertiary/aromatic N) is 5. The molecule has 2 aromatic heterocycles. The third-order valence-corrected chi connectivity index (χ3v) is 3.23. The maximum atomic E-state index is 11.9. The third kappa shape index (κ3) is 2.82. The zero-order valence-electron chi connectivity index (χ0n) is 10.2. The predicted molar refractivity (Wildman–Crippen MR) is 73.4 cm³/mol. The Morgan fingerprint density at radius 2 is 2.37 bits per heavy atom. The molecule has 0 saturated carbocycles. The van der Waals surface area contributed by atoms with E-state index in [2.05, 4.69) is 42.5 Å². The molecule has 2 rings (SSSR count). The van der Waals surface area contributed by atoms with Gasteiger partial charge >= 0.3 is 0 Å². The smallest absolute Gasteiger partial charge is 0.284 e. The maximum Gasteiger partial charge on any atom is 0.284 e. The molecule has 19 heavy (non-hydrogen) atoms. The van der Waals surface area contributed by atoms with E-state index in [1.165, 1.54) is 4.68 Å². The molecule has 0 atom stereocenters. The molecule has 0 fully saturated rings. The molecule has 0 spiro atoms. The topological polar surface area (TPSA) is 77.6 Å². The fourth-order valence-electron chi connectivity index (χ4n) is 1.43. The van der Waals surface area contributed by atoms with Gasteiger partial charge in [-0.3, -0.25) is 4.79 Å². The highest BCUT2D eigenvalue weighted by atomic mass is 79.9. The summed E-state index contributed by atoms with van der Waals surface area (Å²) < 4.78 is 3.38. The predicted octanol–water partition coefficient (Wildman–Crippen LogP) is 0.380. The van der Waals surface area contributed by atoms with Crippen molar-refractivity contribution in [3.8, 4) is 12.3 Å². The first kappa shape index (κ1) is 13.3. The van der Waals surface area contributed by atoms with Gasteiger partial charge in [-0.15, -0.1) is 16.6 Å². The minimum atomic E-state index is -0.277. The van der Waals surface area contributed by atoms with Gasteiger partial charge in [-0.1, -0.05) is 5.92 Å². The summed E-state index contributed by atoms with van der Waals surface area (Å²) >= 11 is 3.24. The summed E-state index contributed by atoms with van der Waals surface area (Å²) in [5.74, 6) is 3.12. The van der Waals surface area contributed by atoms with Crippen LogP contribution in [0.5, 0.6) is 0 Å². The Morgan fingerprint density at radius 1 is 1.58 bits per heavy atom. The van der Waals surface area contributed by atoms with Gasteiger partial charge in [0, 0.05) is 7.05 Å². The number of anilines is 1. The van der Waals surface area contributed by atoms with E-state index < -0.39 is 0 Å². The van der Waals surface area contributed by atoms with E-state index >= 15 is 0 Å². The minimum Gasteiger partial charge on any atom is -0.375 e. The van der Waals surface area contributed by atoms with Crippen LogP contribution in [0.15, 0.2) is 21.8 Å². The Bertz CT molecular complexity index is 683. The van der Waals surface area contributed by atoms with Gasteiger partial charge in [-0.25, -0.2) is 4.68 Å². The average Bonchev–Trinajstić information content (AvgIpc) is 2.80. The van der Waals surface area contributed by atoms with Crippen LogP contribution < -0.4 is 10.9 Å².